The van der Waals surface area contributed by atoms with E-state index < -0.39 is 0 Å². The predicted molar refractivity (Wildman–Crippen MR) is 76.7 cm³/mol. The molecule has 1 heterocycles. The molecule has 1 aromatic heterocycles. The van der Waals surface area contributed by atoms with E-state index in [1.54, 1.807) is 0 Å². The molecular formula is C14H24N4O2. The van der Waals surface area contributed by atoms with Crippen LogP contribution in [-0.2, 0) is 0 Å². The highest BCUT2D eigenvalue weighted by Crippen LogP contribution is 2.29. The van der Waals surface area contributed by atoms with E-state index in [0.717, 1.165) is 19.3 Å². The Kier molecular flexibility index (Phi) is 5.38. The maximum Gasteiger partial charge on any atom is 0.324 e. The Labute approximate surface area is 120 Å². The molecule has 1 fully saturated rings. The molecule has 0 amide bonds. The third-order valence-corrected chi connectivity index (χ3v) is 3.67. The summed E-state index contributed by atoms with van der Waals surface area (Å²) in [6.45, 7) is 4.78. The first kappa shape index (κ1) is 14.8. The molecule has 1 aliphatic carbocycles. The van der Waals surface area contributed by atoms with Crippen LogP contribution in [0.4, 0.5) is 5.95 Å². The molecule has 2 unspecified atom stereocenters. The van der Waals surface area contributed by atoms with Gasteiger partial charge < -0.3 is 15.2 Å². The fraction of sp³-hybridized carbons (Fsp3) is 0.786. The maximum absolute atomic E-state index is 5.94. The largest absolute Gasteiger partial charge is 0.463 e. The van der Waals surface area contributed by atoms with Gasteiger partial charge in [-0.3, -0.25) is 0 Å². The number of nitrogens with two attached hydrogens (primary N) is 1. The molecule has 2 N–H and O–H groups in total. The molecule has 0 aromatic carbocycles. The average Bonchev–Trinajstić information content (AvgIpc) is 2.45. The monoisotopic (exact) mass is 280 g/mol. The first-order valence-electron chi connectivity index (χ1n) is 7.54. The molecule has 0 aliphatic heterocycles. The Hall–Kier alpha value is -1.59. The molecule has 0 radical (unpaired) electrons. The summed E-state index contributed by atoms with van der Waals surface area (Å²) in [7, 11) is 0. The number of aromatic nitrogens is 3. The van der Waals surface area contributed by atoms with E-state index in [4.69, 9.17) is 15.2 Å². The van der Waals surface area contributed by atoms with E-state index in [1.807, 2.05) is 6.92 Å². The second kappa shape index (κ2) is 7.26. The van der Waals surface area contributed by atoms with E-state index in [1.165, 1.54) is 19.3 Å². The van der Waals surface area contributed by atoms with Crippen molar-refractivity contribution in [2.45, 2.75) is 58.5 Å². The van der Waals surface area contributed by atoms with Crippen molar-refractivity contribution in [1.29, 1.82) is 0 Å². The summed E-state index contributed by atoms with van der Waals surface area (Å²) in [5, 5.41) is 0. The molecule has 0 bridgehead atoms. The highest BCUT2D eigenvalue weighted by molar-refractivity contribution is 5.20. The van der Waals surface area contributed by atoms with E-state index in [2.05, 4.69) is 21.9 Å². The van der Waals surface area contributed by atoms with Gasteiger partial charge in [-0.15, -0.1) is 4.98 Å². The number of ether oxygens (including phenoxy) is 2. The lowest BCUT2D eigenvalue weighted by molar-refractivity contribution is 0.0797. The first-order valence-corrected chi connectivity index (χ1v) is 7.54. The molecule has 112 valence electrons. The standard InChI is InChI=1S/C14H24N4O2/c1-3-9-19-13-16-12(15)17-14(18-13)20-11-8-6-5-7-10(11)4-2/h10-11H,3-9H2,1-2H3,(H2,15,16,17,18). The van der Waals surface area contributed by atoms with Crippen LogP contribution in [0.3, 0.4) is 0 Å². The number of nitrogens with zero attached hydrogens (tertiary/aromatic N) is 3. The van der Waals surface area contributed by atoms with Gasteiger partial charge in [-0.1, -0.05) is 20.3 Å². The summed E-state index contributed by atoms with van der Waals surface area (Å²) in [4.78, 5) is 12.2. The van der Waals surface area contributed by atoms with Crippen molar-refractivity contribution in [1.82, 2.24) is 15.0 Å². The highest BCUT2D eigenvalue weighted by atomic mass is 16.5. The van der Waals surface area contributed by atoms with Gasteiger partial charge in [0.05, 0.1) is 6.61 Å². The van der Waals surface area contributed by atoms with Crippen LogP contribution in [0.2, 0.25) is 0 Å². The third-order valence-electron chi connectivity index (χ3n) is 3.67. The Morgan fingerprint density at radius 1 is 1.10 bits per heavy atom. The van der Waals surface area contributed by atoms with Crippen molar-refractivity contribution >= 4 is 5.95 Å². The van der Waals surface area contributed by atoms with Crippen LogP contribution in [0, 0.1) is 5.92 Å². The zero-order valence-corrected chi connectivity index (χ0v) is 12.3. The van der Waals surface area contributed by atoms with E-state index in [-0.39, 0.29) is 24.1 Å². The number of nitrogen functional groups attached to an aromatic ring is 1. The molecule has 0 saturated heterocycles. The molecule has 2 atom stereocenters. The van der Waals surface area contributed by atoms with Gasteiger partial charge in [-0.25, -0.2) is 0 Å². The van der Waals surface area contributed by atoms with E-state index in [9.17, 15) is 0 Å². The van der Waals surface area contributed by atoms with Crippen molar-refractivity contribution in [3.8, 4) is 12.0 Å². The Bertz CT molecular complexity index is 428. The van der Waals surface area contributed by atoms with Crippen molar-refractivity contribution < 1.29 is 9.47 Å². The van der Waals surface area contributed by atoms with Gasteiger partial charge in [-0.05, 0) is 38.0 Å². The Morgan fingerprint density at radius 2 is 1.85 bits per heavy atom. The maximum atomic E-state index is 5.94. The van der Waals surface area contributed by atoms with Crippen LogP contribution in [0.5, 0.6) is 12.0 Å². The van der Waals surface area contributed by atoms with Gasteiger partial charge in [0, 0.05) is 0 Å². The molecular weight excluding hydrogens is 256 g/mol. The lowest BCUT2D eigenvalue weighted by Crippen LogP contribution is -2.30. The molecule has 6 heteroatoms. The molecule has 1 aliphatic rings. The van der Waals surface area contributed by atoms with Crippen molar-refractivity contribution in [2.24, 2.45) is 5.92 Å². The fourth-order valence-corrected chi connectivity index (χ4v) is 2.59. The lowest BCUT2D eigenvalue weighted by Gasteiger charge is -2.30. The summed E-state index contributed by atoms with van der Waals surface area (Å²) >= 11 is 0. The summed E-state index contributed by atoms with van der Waals surface area (Å²) in [5.41, 5.74) is 5.68. The summed E-state index contributed by atoms with van der Waals surface area (Å²) in [6, 6.07) is 0.534. The van der Waals surface area contributed by atoms with Crippen LogP contribution < -0.4 is 15.2 Å². The zero-order valence-electron chi connectivity index (χ0n) is 12.3. The quantitative estimate of drug-likeness (QED) is 0.862. The topological polar surface area (TPSA) is 83.2 Å². The number of anilines is 1. The summed E-state index contributed by atoms with van der Waals surface area (Å²) in [6.07, 6.45) is 6.92. The second-order valence-electron chi connectivity index (χ2n) is 5.22. The lowest BCUT2D eigenvalue weighted by atomic mass is 9.85. The molecule has 20 heavy (non-hydrogen) atoms. The first-order chi connectivity index (χ1) is 9.72. The normalized spacial score (nSPS) is 22.5. The minimum atomic E-state index is 0.143. The smallest absolute Gasteiger partial charge is 0.324 e. The fourth-order valence-electron chi connectivity index (χ4n) is 2.59. The number of hydrogen-bond donors (Lipinski definition) is 1. The van der Waals surface area contributed by atoms with Crippen LogP contribution in [-0.4, -0.2) is 27.7 Å². The Morgan fingerprint density at radius 3 is 2.60 bits per heavy atom. The average molecular weight is 280 g/mol. The van der Waals surface area contributed by atoms with Gasteiger partial charge >= 0.3 is 12.0 Å². The number of rotatable bonds is 6. The van der Waals surface area contributed by atoms with Crippen LogP contribution in [0.15, 0.2) is 0 Å². The van der Waals surface area contributed by atoms with Crippen LogP contribution in [0.25, 0.3) is 0 Å². The Balaban J connectivity index is 2.05. The zero-order chi connectivity index (χ0) is 14.4. The van der Waals surface area contributed by atoms with Crippen LogP contribution in [0.1, 0.15) is 52.4 Å². The second-order valence-corrected chi connectivity index (χ2v) is 5.22. The molecule has 1 aromatic rings. The highest BCUT2D eigenvalue weighted by Gasteiger charge is 2.26. The van der Waals surface area contributed by atoms with Crippen molar-refractivity contribution in [2.75, 3.05) is 12.3 Å². The summed E-state index contributed by atoms with van der Waals surface area (Å²) < 4.78 is 11.3. The predicted octanol–water partition coefficient (Wildman–Crippen LogP) is 2.59. The minimum Gasteiger partial charge on any atom is -0.463 e. The molecule has 2 rings (SSSR count). The summed E-state index contributed by atoms with van der Waals surface area (Å²) in [5.74, 6) is 0.715. The molecule has 1 saturated carbocycles. The van der Waals surface area contributed by atoms with Gasteiger partial charge in [-0.2, -0.15) is 9.97 Å². The van der Waals surface area contributed by atoms with Crippen molar-refractivity contribution in [3.63, 3.8) is 0 Å². The van der Waals surface area contributed by atoms with Gasteiger partial charge in [0.1, 0.15) is 6.10 Å². The van der Waals surface area contributed by atoms with Crippen LogP contribution >= 0.6 is 0 Å². The van der Waals surface area contributed by atoms with E-state index >= 15 is 0 Å². The van der Waals surface area contributed by atoms with Gasteiger partial charge in [0.2, 0.25) is 5.95 Å². The number of hydrogen-bond acceptors (Lipinski definition) is 6. The molecule has 6 nitrogen and oxygen atoms in total. The third kappa shape index (κ3) is 3.95. The van der Waals surface area contributed by atoms with E-state index in [0.29, 0.717) is 12.5 Å². The van der Waals surface area contributed by atoms with Crippen molar-refractivity contribution in [3.05, 3.63) is 0 Å². The van der Waals surface area contributed by atoms with Gasteiger partial charge in [0.15, 0.2) is 0 Å². The molecule has 0 spiro atoms. The van der Waals surface area contributed by atoms with Gasteiger partial charge in [0.25, 0.3) is 0 Å². The SMILES string of the molecule is CCCOc1nc(N)nc(OC2CCCCC2CC)n1. The minimum absolute atomic E-state index is 0.143.